The molecule has 39 heavy (non-hydrogen) atoms. The minimum Gasteiger partial charge on any atom is -0.460 e. The first-order valence-corrected chi connectivity index (χ1v) is 13.8. The highest BCUT2D eigenvalue weighted by Crippen LogP contribution is 2.15. The van der Waals surface area contributed by atoms with Crippen LogP contribution in [0.25, 0.3) is 0 Å². The highest BCUT2D eigenvalue weighted by atomic mass is 16.6. The Hall–Kier alpha value is -2.95. The van der Waals surface area contributed by atoms with Crippen molar-refractivity contribution in [2.24, 2.45) is 5.92 Å². The first-order chi connectivity index (χ1) is 18.2. The first kappa shape index (κ1) is 34.1. The first-order valence-electron chi connectivity index (χ1n) is 13.8. The van der Waals surface area contributed by atoms with Crippen LogP contribution in [0.1, 0.15) is 93.4 Å². The zero-order chi connectivity index (χ0) is 29.8. The number of esters is 2. The van der Waals surface area contributed by atoms with Gasteiger partial charge in [0, 0.05) is 6.42 Å². The number of carbonyl (C=O) groups is 5. The average Bonchev–Trinajstić information content (AvgIpc) is 2.81. The Bertz CT molecular complexity index is 881. The molecule has 1 saturated heterocycles. The Morgan fingerprint density at radius 1 is 1.05 bits per heavy atom. The van der Waals surface area contributed by atoms with Gasteiger partial charge in [-0.1, -0.05) is 40.2 Å². The summed E-state index contributed by atoms with van der Waals surface area (Å²) < 4.78 is 10.8. The SMILES string of the molecule is CCC/C=C/[C@@H]1CC(=O)N[C@H](CCC(=O)OC(C)(C)C)C(=O)N[C@H](CC)C(=O)N[C@H](C(C)C)[C@@H](O)CC(=O)O1. The Morgan fingerprint density at radius 2 is 1.69 bits per heavy atom. The van der Waals surface area contributed by atoms with Gasteiger partial charge in [-0.05, 0) is 52.0 Å². The van der Waals surface area contributed by atoms with Crippen LogP contribution in [0, 0.1) is 5.92 Å². The van der Waals surface area contributed by atoms with E-state index in [1.807, 2.05) is 6.92 Å². The molecule has 222 valence electrons. The van der Waals surface area contributed by atoms with Crippen molar-refractivity contribution < 1.29 is 38.6 Å². The maximum atomic E-state index is 13.2. The Morgan fingerprint density at radius 3 is 2.26 bits per heavy atom. The Balaban J connectivity index is 3.31. The van der Waals surface area contributed by atoms with Crippen molar-refractivity contribution in [1.82, 2.24) is 16.0 Å². The molecule has 1 heterocycles. The third kappa shape index (κ3) is 13.1. The van der Waals surface area contributed by atoms with E-state index in [1.165, 1.54) is 0 Å². The van der Waals surface area contributed by atoms with E-state index in [-0.39, 0.29) is 38.0 Å². The fourth-order valence-corrected chi connectivity index (χ4v) is 4.04. The van der Waals surface area contributed by atoms with E-state index >= 15 is 0 Å². The molecule has 0 saturated carbocycles. The predicted octanol–water partition coefficient (Wildman–Crippen LogP) is 2.05. The summed E-state index contributed by atoms with van der Waals surface area (Å²) in [6.45, 7) is 12.4. The summed E-state index contributed by atoms with van der Waals surface area (Å²) in [4.78, 5) is 64.2. The number of hydrogen-bond acceptors (Lipinski definition) is 8. The maximum absolute atomic E-state index is 13.2. The molecule has 0 radical (unpaired) electrons. The highest BCUT2D eigenvalue weighted by Gasteiger charge is 2.33. The molecule has 11 heteroatoms. The zero-order valence-corrected chi connectivity index (χ0v) is 24.4. The molecular formula is C28H47N3O8. The van der Waals surface area contributed by atoms with E-state index in [0.29, 0.717) is 6.42 Å². The topological polar surface area (TPSA) is 160 Å². The van der Waals surface area contributed by atoms with Gasteiger partial charge in [-0.15, -0.1) is 0 Å². The minimum absolute atomic E-state index is 0.0615. The largest absolute Gasteiger partial charge is 0.460 e. The summed E-state index contributed by atoms with van der Waals surface area (Å²) in [5.74, 6) is -3.24. The third-order valence-electron chi connectivity index (χ3n) is 6.04. The maximum Gasteiger partial charge on any atom is 0.309 e. The number of allylic oxidation sites excluding steroid dienone is 1. The number of aliphatic hydroxyl groups is 1. The van der Waals surface area contributed by atoms with E-state index in [9.17, 15) is 29.1 Å². The van der Waals surface area contributed by atoms with Gasteiger partial charge in [-0.25, -0.2) is 0 Å². The smallest absolute Gasteiger partial charge is 0.309 e. The van der Waals surface area contributed by atoms with Crippen molar-refractivity contribution in [1.29, 1.82) is 0 Å². The summed E-state index contributed by atoms with van der Waals surface area (Å²) in [5, 5.41) is 18.8. The average molecular weight is 554 g/mol. The van der Waals surface area contributed by atoms with Crippen molar-refractivity contribution >= 4 is 29.7 Å². The number of carbonyl (C=O) groups excluding carboxylic acids is 5. The monoisotopic (exact) mass is 553 g/mol. The molecule has 1 aliphatic heterocycles. The molecule has 4 N–H and O–H groups in total. The molecule has 1 aliphatic rings. The second-order valence-electron chi connectivity index (χ2n) is 11.2. The van der Waals surface area contributed by atoms with E-state index in [2.05, 4.69) is 16.0 Å². The molecule has 0 aromatic rings. The molecule has 0 spiro atoms. The zero-order valence-electron chi connectivity index (χ0n) is 24.4. The van der Waals surface area contributed by atoms with E-state index in [0.717, 1.165) is 6.42 Å². The van der Waals surface area contributed by atoms with Gasteiger partial charge in [0.05, 0.1) is 25.0 Å². The van der Waals surface area contributed by atoms with Crippen LogP contribution in [0.2, 0.25) is 0 Å². The predicted molar refractivity (Wildman–Crippen MR) is 145 cm³/mol. The van der Waals surface area contributed by atoms with Crippen molar-refractivity contribution in [3.63, 3.8) is 0 Å². The summed E-state index contributed by atoms with van der Waals surface area (Å²) in [5.41, 5.74) is -0.713. The van der Waals surface area contributed by atoms with E-state index < -0.39 is 65.6 Å². The highest BCUT2D eigenvalue weighted by molar-refractivity contribution is 5.92. The second kappa shape index (κ2) is 16.2. The van der Waals surface area contributed by atoms with E-state index in [4.69, 9.17) is 9.47 Å². The number of ether oxygens (including phenoxy) is 2. The number of unbranched alkanes of at least 4 members (excludes halogenated alkanes) is 1. The standard InChI is InChI=1S/C28H47N3O8/c1-8-10-11-12-18-15-22(33)29-20(13-14-23(34)39-28(5,6)7)27(37)30-19(9-2)26(36)31-25(17(3)4)21(32)16-24(35)38-18/h11-12,17-21,25,32H,8-10,13-16H2,1-7H3,(H,29,33)(H,30,37)(H,31,36)/b12-11+/t18-,19-,20-,21+,25-/m1/s1. The minimum atomic E-state index is -1.24. The quantitative estimate of drug-likeness (QED) is 0.262. The molecule has 11 nitrogen and oxygen atoms in total. The lowest BCUT2D eigenvalue weighted by Gasteiger charge is -2.29. The fraction of sp³-hybridized carbons (Fsp3) is 0.750. The van der Waals surface area contributed by atoms with Crippen LogP contribution in [0.4, 0.5) is 0 Å². The number of nitrogens with one attached hydrogen (secondary N) is 3. The molecule has 0 aliphatic carbocycles. The van der Waals surface area contributed by atoms with Crippen LogP contribution in [0.3, 0.4) is 0 Å². The van der Waals surface area contributed by atoms with Crippen molar-refractivity contribution in [2.45, 2.75) is 129 Å². The summed E-state index contributed by atoms with van der Waals surface area (Å²) in [7, 11) is 0. The summed E-state index contributed by atoms with van der Waals surface area (Å²) in [6, 6.07) is -2.88. The number of rotatable bonds is 8. The van der Waals surface area contributed by atoms with Crippen molar-refractivity contribution in [2.75, 3.05) is 0 Å². The number of aliphatic hydroxyl groups excluding tert-OH is 1. The molecule has 0 unspecified atom stereocenters. The van der Waals surface area contributed by atoms with Crippen LogP contribution >= 0.6 is 0 Å². The number of hydrogen-bond donors (Lipinski definition) is 4. The van der Waals surface area contributed by atoms with Gasteiger partial charge in [0.25, 0.3) is 0 Å². The lowest BCUT2D eigenvalue weighted by molar-refractivity contribution is -0.155. The molecule has 1 rings (SSSR count). The van der Waals surface area contributed by atoms with E-state index in [1.54, 1.807) is 53.7 Å². The van der Waals surface area contributed by atoms with Gasteiger partial charge in [0.1, 0.15) is 23.8 Å². The van der Waals surface area contributed by atoms with Crippen molar-refractivity contribution in [3.05, 3.63) is 12.2 Å². The summed E-state index contributed by atoms with van der Waals surface area (Å²) >= 11 is 0. The van der Waals surface area contributed by atoms with Gasteiger partial charge >= 0.3 is 11.9 Å². The fourth-order valence-electron chi connectivity index (χ4n) is 4.04. The normalized spacial score (nSPS) is 26.2. The van der Waals surface area contributed by atoms with Crippen LogP contribution < -0.4 is 16.0 Å². The number of cyclic esters (lactones) is 1. The van der Waals surface area contributed by atoms with Gasteiger partial charge in [0.15, 0.2) is 0 Å². The summed E-state index contributed by atoms with van der Waals surface area (Å²) in [6.07, 6.45) is 2.18. The second-order valence-corrected chi connectivity index (χ2v) is 11.2. The Kier molecular flexibility index (Phi) is 14.2. The van der Waals surface area contributed by atoms with Gasteiger partial charge in [0.2, 0.25) is 17.7 Å². The van der Waals surface area contributed by atoms with Gasteiger partial charge in [-0.3, -0.25) is 24.0 Å². The molecular weight excluding hydrogens is 506 g/mol. The molecule has 5 atom stereocenters. The van der Waals surface area contributed by atoms with Crippen LogP contribution in [0.5, 0.6) is 0 Å². The molecule has 0 aromatic heterocycles. The van der Waals surface area contributed by atoms with Gasteiger partial charge in [-0.2, -0.15) is 0 Å². The van der Waals surface area contributed by atoms with Crippen LogP contribution in [-0.2, 0) is 33.4 Å². The number of amides is 3. The third-order valence-corrected chi connectivity index (χ3v) is 6.04. The van der Waals surface area contributed by atoms with Crippen LogP contribution in [0.15, 0.2) is 12.2 Å². The molecule has 3 amide bonds. The molecule has 0 bridgehead atoms. The Labute approximate surface area is 231 Å². The van der Waals surface area contributed by atoms with Crippen molar-refractivity contribution in [3.8, 4) is 0 Å². The molecule has 0 aromatic carbocycles. The molecule has 1 fully saturated rings. The van der Waals surface area contributed by atoms with Gasteiger partial charge < -0.3 is 30.5 Å². The van der Waals surface area contributed by atoms with Crippen LogP contribution in [-0.4, -0.2) is 70.7 Å². The lowest BCUT2D eigenvalue weighted by atomic mass is 9.95. The lowest BCUT2D eigenvalue weighted by Crippen LogP contribution is -2.57.